The Bertz CT molecular complexity index is 774. The summed E-state index contributed by atoms with van der Waals surface area (Å²) in [7, 11) is 0. The van der Waals surface area contributed by atoms with Crippen LogP contribution in [0.5, 0.6) is 0 Å². The van der Waals surface area contributed by atoms with Crippen LogP contribution in [-0.2, 0) is 6.42 Å². The van der Waals surface area contributed by atoms with E-state index in [4.69, 9.17) is 5.11 Å². The van der Waals surface area contributed by atoms with Gasteiger partial charge in [-0.2, -0.15) is 0 Å². The third-order valence-electron chi connectivity index (χ3n) is 3.92. The number of rotatable bonds is 1. The number of carboxylic acids is 1. The molecule has 4 heteroatoms. The van der Waals surface area contributed by atoms with Gasteiger partial charge < -0.3 is 9.67 Å². The number of pyridine rings is 1. The van der Waals surface area contributed by atoms with Crippen LogP contribution in [-0.4, -0.2) is 15.6 Å². The SMILES string of the molecule is Cc1cccc2c1-c1cc(=O)c(C(=O)O)cn1C(C)C2. The van der Waals surface area contributed by atoms with Crippen LogP contribution in [0, 0.1) is 6.92 Å². The fraction of sp³-hybridized carbons (Fsp3) is 0.250. The molecule has 0 radical (unpaired) electrons. The lowest BCUT2D eigenvalue weighted by Crippen LogP contribution is -2.24. The van der Waals surface area contributed by atoms with E-state index in [-0.39, 0.29) is 11.6 Å². The summed E-state index contributed by atoms with van der Waals surface area (Å²) < 4.78 is 1.90. The van der Waals surface area contributed by atoms with Gasteiger partial charge >= 0.3 is 5.97 Å². The van der Waals surface area contributed by atoms with Crippen LogP contribution in [0.2, 0.25) is 0 Å². The van der Waals surface area contributed by atoms with Crippen molar-refractivity contribution in [2.24, 2.45) is 0 Å². The van der Waals surface area contributed by atoms with Gasteiger partial charge in [0, 0.05) is 23.9 Å². The quantitative estimate of drug-likeness (QED) is 0.865. The molecule has 2 heterocycles. The maximum atomic E-state index is 12.0. The zero-order chi connectivity index (χ0) is 14.4. The van der Waals surface area contributed by atoms with Gasteiger partial charge in [-0.1, -0.05) is 18.2 Å². The molecule has 2 aromatic rings. The highest BCUT2D eigenvalue weighted by Gasteiger charge is 2.24. The Morgan fingerprint density at radius 1 is 1.40 bits per heavy atom. The smallest absolute Gasteiger partial charge is 0.341 e. The second-order valence-electron chi connectivity index (χ2n) is 5.31. The van der Waals surface area contributed by atoms with Crippen molar-refractivity contribution in [2.45, 2.75) is 26.3 Å². The van der Waals surface area contributed by atoms with Gasteiger partial charge in [0.05, 0.1) is 5.69 Å². The third-order valence-corrected chi connectivity index (χ3v) is 3.92. The molecule has 1 aliphatic rings. The summed E-state index contributed by atoms with van der Waals surface area (Å²) >= 11 is 0. The Morgan fingerprint density at radius 2 is 2.15 bits per heavy atom. The summed E-state index contributed by atoms with van der Waals surface area (Å²) in [6.45, 7) is 4.04. The van der Waals surface area contributed by atoms with Crippen LogP contribution in [0.3, 0.4) is 0 Å². The fourth-order valence-corrected chi connectivity index (χ4v) is 2.96. The molecule has 20 heavy (non-hydrogen) atoms. The van der Waals surface area contributed by atoms with Crippen molar-refractivity contribution < 1.29 is 9.90 Å². The molecular weight excluding hydrogens is 254 g/mol. The normalized spacial score (nSPS) is 16.4. The van der Waals surface area contributed by atoms with Crippen molar-refractivity contribution in [3.63, 3.8) is 0 Å². The van der Waals surface area contributed by atoms with Crippen LogP contribution < -0.4 is 5.43 Å². The lowest BCUT2D eigenvalue weighted by Gasteiger charge is -2.29. The average molecular weight is 269 g/mol. The lowest BCUT2D eigenvalue weighted by molar-refractivity contribution is 0.0694. The minimum atomic E-state index is -1.17. The van der Waals surface area contributed by atoms with E-state index < -0.39 is 11.4 Å². The van der Waals surface area contributed by atoms with Crippen LogP contribution in [0.4, 0.5) is 0 Å². The van der Waals surface area contributed by atoms with E-state index in [0.29, 0.717) is 0 Å². The van der Waals surface area contributed by atoms with Gasteiger partial charge in [-0.3, -0.25) is 4.79 Å². The first kappa shape index (κ1) is 12.7. The molecule has 1 aromatic heterocycles. The molecule has 0 saturated heterocycles. The number of aromatic nitrogens is 1. The molecule has 0 bridgehead atoms. The number of hydrogen-bond acceptors (Lipinski definition) is 2. The van der Waals surface area contributed by atoms with E-state index in [9.17, 15) is 9.59 Å². The van der Waals surface area contributed by atoms with Gasteiger partial charge in [0.1, 0.15) is 5.56 Å². The summed E-state index contributed by atoms with van der Waals surface area (Å²) in [6, 6.07) is 7.68. The van der Waals surface area contributed by atoms with Crippen LogP contribution in [0.25, 0.3) is 11.3 Å². The molecule has 3 rings (SSSR count). The predicted octanol–water partition coefficient (Wildman–Crippen LogP) is 2.64. The Hall–Kier alpha value is -2.36. The van der Waals surface area contributed by atoms with Crippen molar-refractivity contribution in [3.8, 4) is 11.3 Å². The monoisotopic (exact) mass is 269 g/mol. The van der Waals surface area contributed by atoms with E-state index in [0.717, 1.165) is 23.2 Å². The highest BCUT2D eigenvalue weighted by molar-refractivity contribution is 5.87. The molecule has 0 aliphatic carbocycles. The lowest BCUT2D eigenvalue weighted by atomic mass is 9.90. The number of carboxylic acid groups (broad SMARTS) is 1. The minimum Gasteiger partial charge on any atom is -0.477 e. The van der Waals surface area contributed by atoms with E-state index in [1.54, 1.807) is 0 Å². The summed E-state index contributed by atoms with van der Waals surface area (Å²) in [5, 5.41) is 9.09. The van der Waals surface area contributed by atoms with E-state index in [1.807, 2.05) is 30.5 Å². The molecule has 0 amide bonds. The number of aromatic carboxylic acids is 1. The molecule has 102 valence electrons. The molecule has 1 aliphatic heterocycles. The molecule has 1 N–H and O–H groups in total. The van der Waals surface area contributed by atoms with Crippen LogP contribution in [0.15, 0.2) is 35.3 Å². The molecule has 0 saturated carbocycles. The van der Waals surface area contributed by atoms with Gasteiger partial charge in [0.15, 0.2) is 5.43 Å². The van der Waals surface area contributed by atoms with Crippen molar-refractivity contribution in [3.05, 3.63) is 57.4 Å². The molecule has 1 aromatic carbocycles. The van der Waals surface area contributed by atoms with E-state index >= 15 is 0 Å². The molecule has 1 unspecified atom stereocenters. The van der Waals surface area contributed by atoms with E-state index in [2.05, 4.69) is 6.07 Å². The molecule has 1 atom stereocenters. The first-order chi connectivity index (χ1) is 9.49. The van der Waals surface area contributed by atoms with Crippen LogP contribution >= 0.6 is 0 Å². The topological polar surface area (TPSA) is 59.3 Å². The Balaban J connectivity index is 2.35. The second-order valence-corrected chi connectivity index (χ2v) is 5.31. The minimum absolute atomic E-state index is 0.137. The van der Waals surface area contributed by atoms with Gasteiger partial charge in [0.25, 0.3) is 0 Å². The van der Waals surface area contributed by atoms with Gasteiger partial charge in [-0.25, -0.2) is 4.79 Å². The highest BCUT2D eigenvalue weighted by Crippen LogP contribution is 2.35. The van der Waals surface area contributed by atoms with Gasteiger partial charge in [-0.15, -0.1) is 0 Å². The largest absolute Gasteiger partial charge is 0.477 e. The Labute approximate surface area is 116 Å². The van der Waals surface area contributed by atoms with Crippen molar-refractivity contribution in [1.29, 1.82) is 0 Å². The Kier molecular flexibility index (Phi) is 2.74. The third kappa shape index (κ3) is 1.76. The number of nitrogens with zero attached hydrogens (tertiary/aromatic N) is 1. The van der Waals surface area contributed by atoms with E-state index in [1.165, 1.54) is 17.8 Å². The predicted molar refractivity (Wildman–Crippen MR) is 76.2 cm³/mol. The number of hydrogen-bond donors (Lipinski definition) is 1. The van der Waals surface area contributed by atoms with Gasteiger partial charge in [0.2, 0.25) is 0 Å². The fourth-order valence-electron chi connectivity index (χ4n) is 2.96. The molecule has 0 spiro atoms. The van der Waals surface area contributed by atoms with Crippen LogP contribution in [0.1, 0.15) is 34.5 Å². The average Bonchev–Trinajstić information content (AvgIpc) is 2.37. The number of aryl methyl sites for hydroxylation is 1. The standard InChI is InChI=1S/C16H15NO3/c1-9-4-3-5-11-6-10(2)17-8-12(16(19)20)14(18)7-13(17)15(9)11/h3-5,7-8,10H,6H2,1-2H3,(H,19,20). The summed E-state index contributed by atoms with van der Waals surface area (Å²) in [5.41, 5.74) is 3.57. The molecule has 0 fully saturated rings. The molecule has 4 nitrogen and oxygen atoms in total. The maximum absolute atomic E-state index is 12.0. The number of benzene rings is 1. The van der Waals surface area contributed by atoms with Crippen molar-refractivity contribution in [2.75, 3.05) is 0 Å². The number of carbonyl (C=O) groups is 1. The molecular formula is C16H15NO3. The van der Waals surface area contributed by atoms with Crippen molar-refractivity contribution >= 4 is 5.97 Å². The second kappa shape index (κ2) is 4.34. The van der Waals surface area contributed by atoms with Gasteiger partial charge in [-0.05, 0) is 31.4 Å². The summed E-state index contributed by atoms with van der Waals surface area (Å²) in [4.78, 5) is 23.1. The summed E-state index contributed by atoms with van der Waals surface area (Å²) in [6.07, 6.45) is 2.31. The first-order valence-corrected chi connectivity index (χ1v) is 6.57. The number of fused-ring (bicyclic) bond motifs is 3. The zero-order valence-corrected chi connectivity index (χ0v) is 11.4. The maximum Gasteiger partial charge on any atom is 0.341 e. The zero-order valence-electron chi connectivity index (χ0n) is 11.4. The highest BCUT2D eigenvalue weighted by atomic mass is 16.4. The Morgan fingerprint density at radius 3 is 2.85 bits per heavy atom. The first-order valence-electron chi connectivity index (χ1n) is 6.57. The van der Waals surface area contributed by atoms with Crippen molar-refractivity contribution in [1.82, 2.24) is 4.57 Å². The summed E-state index contributed by atoms with van der Waals surface area (Å²) in [5.74, 6) is -1.17.